The summed E-state index contributed by atoms with van der Waals surface area (Å²) >= 11 is 12.6. The van der Waals surface area contributed by atoms with Crippen molar-refractivity contribution in [3.63, 3.8) is 0 Å². The highest BCUT2D eigenvalue weighted by atomic mass is 35.5. The van der Waals surface area contributed by atoms with Crippen LogP contribution in [0.25, 0.3) is 0 Å². The number of halogens is 2. The summed E-state index contributed by atoms with van der Waals surface area (Å²) in [6.45, 7) is 5.52. The molecule has 7 nitrogen and oxygen atoms in total. The highest BCUT2D eigenvalue weighted by Gasteiger charge is 2.33. The van der Waals surface area contributed by atoms with E-state index in [0.29, 0.717) is 33.4 Å². The standard InChI is InChI=1S/C30H35Cl2N3O4S/c1-5-15-33-30(37)28(17-23-9-7-6-8-10-23)34(19-24-13-14-25(31)18-26(24)32)29(36)20-35(40(4,38)39)27-16-21(2)11-12-22(27)3/h6-14,16,18,28H,5,15,17,19-20H2,1-4H3,(H,33,37). The lowest BCUT2D eigenvalue weighted by atomic mass is 10.0. The van der Waals surface area contributed by atoms with Crippen molar-refractivity contribution in [2.45, 2.75) is 46.2 Å². The minimum atomic E-state index is -3.85. The largest absolute Gasteiger partial charge is 0.354 e. The van der Waals surface area contributed by atoms with Crippen LogP contribution in [0.3, 0.4) is 0 Å². The molecular formula is C30H35Cl2N3O4S. The first-order chi connectivity index (χ1) is 18.9. The second-order valence-electron chi connectivity index (χ2n) is 9.81. The van der Waals surface area contributed by atoms with Crippen molar-refractivity contribution in [3.8, 4) is 0 Å². The van der Waals surface area contributed by atoms with Gasteiger partial charge in [-0.3, -0.25) is 13.9 Å². The third kappa shape index (κ3) is 8.46. The van der Waals surface area contributed by atoms with E-state index in [-0.39, 0.29) is 18.9 Å². The molecule has 0 aromatic heterocycles. The third-order valence-electron chi connectivity index (χ3n) is 6.49. The number of hydrogen-bond acceptors (Lipinski definition) is 4. The Kier molecular flexibility index (Phi) is 11.0. The Bertz CT molecular complexity index is 1450. The summed E-state index contributed by atoms with van der Waals surface area (Å²) in [6.07, 6.45) is 2.02. The van der Waals surface area contributed by atoms with Crippen molar-refractivity contribution >= 4 is 50.7 Å². The van der Waals surface area contributed by atoms with E-state index in [2.05, 4.69) is 5.32 Å². The SMILES string of the molecule is CCCNC(=O)C(Cc1ccccc1)N(Cc1ccc(Cl)cc1Cl)C(=O)CN(c1cc(C)ccc1C)S(C)(=O)=O. The molecule has 1 N–H and O–H groups in total. The fourth-order valence-electron chi connectivity index (χ4n) is 4.34. The van der Waals surface area contributed by atoms with Gasteiger partial charge in [0, 0.05) is 29.6 Å². The highest BCUT2D eigenvalue weighted by Crippen LogP contribution is 2.27. The molecule has 0 radical (unpaired) electrons. The number of hydrogen-bond donors (Lipinski definition) is 1. The summed E-state index contributed by atoms with van der Waals surface area (Å²) in [4.78, 5) is 29.1. The van der Waals surface area contributed by atoms with Gasteiger partial charge in [0.2, 0.25) is 21.8 Å². The molecule has 10 heteroatoms. The van der Waals surface area contributed by atoms with Gasteiger partial charge in [-0.05, 0) is 60.7 Å². The van der Waals surface area contributed by atoms with Gasteiger partial charge in [0.05, 0.1) is 11.9 Å². The molecule has 0 fully saturated rings. The number of carbonyl (C=O) groups excluding carboxylic acids is 2. The smallest absolute Gasteiger partial charge is 0.244 e. The van der Waals surface area contributed by atoms with Crippen molar-refractivity contribution in [3.05, 3.63) is 99.0 Å². The number of nitrogens with zero attached hydrogens (tertiary/aromatic N) is 2. The maximum Gasteiger partial charge on any atom is 0.244 e. The Morgan fingerprint density at radius 3 is 2.30 bits per heavy atom. The molecule has 0 bridgehead atoms. The molecule has 0 saturated heterocycles. The zero-order chi connectivity index (χ0) is 29.4. The van der Waals surface area contributed by atoms with E-state index in [4.69, 9.17) is 23.2 Å². The van der Waals surface area contributed by atoms with Crippen molar-refractivity contribution in [1.82, 2.24) is 10.2 Å². The molecule has 1 unspecified atom stereocenters. The van der Waals surface area contributed by atoms with Gasteiger partial charge in [0.25, 0.3) is 0 Å². The topological polar surface area (TPSA) is 86.8 Å². The van der Waals surface area contributed by atoms with Gasteiger partial charge in [0.1, 0.15) is 12.6 Å². The van der Waals surface area contributed by atoms with Crippen LogP contribution >= 0.6 is 23.2 Å². The third-order valence-corrected chi connectivity index (χ3v) is 8.20. The van der Waals surface area contributed by atoms with Crippen molar-refractivity contribution in [2.24, 2.45) is 0 Å². The molecule has 1 atom stereocenters. The van der Waals surface area contributed by atoms with Crippen LogP contribution in [0.15, 0.2) is 66.7 Å². The molecule has 2 amide bonds. The molecule has 0 aliphatic heterocycles. The van der Waals surface area contributed by atoms with Crippen molar-refractivity contribution < 1.29 is 18.0 Å². The van der Waals surface area contributed by atoms with Gasteiger partial charge in [-0.15, -0.1) is 0 Å². The number of aryl methyl sites for hydroxylation is 2. The van der Waals surface area contributed by atoms with Gasteiger partial charge in [-0.1, -0.05) is 78.7 Å². The van der Waals surface area contributed by atoms with Crippen LogP contribution in [-0.4, -0.2) is 50.5 Å². The molecule has 0 aliphatic rings. The van der Waals surface area contributed by atoms with Crippen LogP contribution < -0.4 is 9.62 Å². The van der Waals surface area contributed by atoms with Gasteiger partial charge in [-0.2, -0.15) is 0 Å². The number of sulfonamides is 1. The molecule has 0 heterocycles. The van der Waals surface area contributed by atoms with Crippen molar-refractivity contribution in [1.29, 1.82) is 0 Å². The van der Waals surface area contributed by atoms with Crippen molar-refractivity contribution in [2.75, 3.05) is 23.7 Å². The van der Waals surface area contributed by atoms with Crippen LogP contribution in [0, 0.1) is 13.8 Å². The van der Waals surface area contributed by atoms with E-state index >= 15 is 0 Å². The zero-order valence-electron chi connectivity index (χ0n) is 23.2. The van der Waals surface area contributed by atoms with Gasteiger partial charge < -0.3 is 10.2 Å². The first kappa shape index (κ1) is 31.5. The maximum absolute atomic E-state index is 14.1. The summed E-state index contributed by atoms with van der Waals surface area (Å²) in [6, 6.07) is 18.8. The van der Waals surface area contributed by atoms with Crippen LogP contribution in [0.1, 0.15) is 35.6 Å². The first-order valence-corrected chi connectivity index (χ1v) is 15.6. The first-order valence-electron chi connectivity index (χ1n) is 13.0. The Hall–Kier alpha value is -3.07. The summed E-state index contributed by atoms with van der Waals surface area (Å²) in [5, 5.41) is 3.69. The Morgan fingerprint density at radius 2 is 1.68 bits per heavy atom. The Morgan fingerprint density at radius 1 is 0.975 bits per heavy atom. The predicted molar refractivity (Wildman–Crippen MR) is 162 cm³/mol. The average Bonchev–Trinajstić information content (AvgIpc) is 2.90. The normalized spacial score (nSPS) is 12.1. The maximum atomic E-state index is 14.1. The Labute approximate surface area is 247 Å². The fourth-order valence-corrected chi connectivity index (χ4v) is 5.70. The predicted octanol–water partition coefficient (Wildman–Crippen LogP) is 5.54. The highest BCUT2D eigenvalue weighted by molar-refractivity contribution is 7.92. The summed E-state index contributed by atoms with van der Waals surface area (Å²) in [7, 11) is -3.85. The molecule has 3 aromatic rings. The van der Waals surface area contributed by atoms with E-state index in [0.717, 1.165) is 28.1 Å². The number of rotatable bonds is 12. The number of benzene rings is 3. The molecule has 40 heavy (non-hydrogen) atoms. The zero-order valence-corrected chi connectivity index (χ0v) is 25.5. The van der Waals surface area contributed by atoms with Gasteiger partial charge in [0.15, 0.2) is 0 Å². The molecule has 3 rings (SSSR count). The van der Waals surface area contributed by atoms with Crippen LogP contribution in [0.5, 0.6) is 0 Å². The average molecular weight is 605 g/mol. The second-order valence-corrected chi connectivity index (χ2v) is 12.6. The van der Waals surface area contributed by atoms with Crippen LogP contribution in [0.4, 0.5) is 5.69 Å². The Balaban J connectivity index is 2.10. The number of anilines is 1. The van der Waals surface area contributed by atoms with Crippen LogP contribution in [0.2, 0.25) is 10.0 Å². The number of amides is 2. The summed E-state index contributed by atoms with van der Waals surface area (Å²) in [5.41, 5.74) is 3.41. The fraction of sp³-hybridized carbons (Fsp3) is 0.333. The lowest BCUT2D eigenvalue weighted by molar-refractivity contribution is -0.140. The molecular weight excluding hydrogens is 569 g/mol. The number of nitrogens with one attached hydrogen (secondary N) is 1. The lowest BCUT2D eigenvalue weighted by Gasteiger charge is -2.34. The second kappa shape index (κ2) is 14.0. The number of carbonyl (C=O) groups is 2. The quantitative estimate of drug-likeness (QED) is 0.294. The minimum Gasteiger partial charge on any atom is -0.354 e. The molecule has 0 saturated carbocycles. The molecule has 3 aromatic carbocycles. The minimum absolute atomic E-state index is 0.0176. The lowest BCUT2D eigenvalue weighted by Crippen LogP contribution is -2.53. The summed E-state index contributed by atoms with van der Waals surface area (Å²) in [5.74, 6) is -0.869. The molecule has 0 spiro atoms. The molecule has 214 valence electrons. The van der Waals surface area contributed by atoms with Gasteiger partial charge in [-0.25, -0.2) is 8.42 Å². The van der Waals surface area contributed by atoms with Gasteiger partial charge >= 0.3 is 0 Å². The van der Waals surface area contributed by atoms with E-state index in [1.807, 2.05) is 56.3 Å². The van der Waals surface area contributed by atoms with Crippen LogP contribution in [-0.2, 0) is 32.6 Å². The van der Waals surface area contributed by atoms with E-state index in [1.165, 1.54) is 4.90 Å². The van der Waals surface area contributed by atoms with E-state index in [1.54, 1.807) is 31.2 Å². The summed E-state index contributed by atoms with van der Waals surface area (Å²) < 4.78 is 27.1. The molecule has 0 aliphatic carbocycles. The van der Waals surface area contributed by atoms with E-state index in [9.17, 15) is 18.0 Å². The van der Waals surface area contributed by atoms with E-state index < -0.39 is 28.5 Å². The monoisotopic (exact) mass is 603 g/mol.